The Bertz CT molecular complexity index is 250. The third kappa shape index (κ3) is 4.08. The molecular weight excluding hydrogens is 208 g/mol. The van der Waals surface area contributed by atoms with Crippen LogP contribution in [0.4, 0.5) is 4.79 Å². The lowest BCUT2D eigenvalue weighted by atomic mass is 9.96. The highest BCUT2D eigenvalue weighted by molar-refractivity contribution is 5.82. The summed E-state index contributed by atoms with van der Waals surface area (Å²) in [5, 5.41) is 14.1. The maximum Gasteiger partial charge on any atom is 0.326 e. The van der Waals surface area contributed by atoms with Gasteiger partial charge in [0.05, 0.1) is 0 Å². The molecule has 5 heteroatoms. The standard InChI is InChI=1S/C11H20N2O3/c1-2-9(10(14)15)13-11(16)12-8-6-4-3-5-7-8/h8-9H,2-7H2,1H3,(H,14,15)(H2,12,13,16). The van der Waals surface area contributed by atoms with Crippen molar-refractivity contribution in [3.05, 3.63) is 0 Å². The Morgan fingerprint density at radius 1 is 1.31 bits per heavy atom. The zero-order chi connectivity index (χ0) is 12.0. The molecule has 0 spiro atoms. The van der Waals surface area contributed by atoms with E-state index in [0.29, 0.717) is 6.42 Å². The summed E-state index contributed by atoms with van der Waals surface area (Å²) in [6.45, 7) is 1.74. The minimum Gasteiger partial charge on any atom is -0.480 e. The van der Waals surface area contributed by atoms with Gasteiger partial charge in [0.1, 0.15) is 6.04 Å². The molecule has 1 unspecified atom stereocenters. The third-order valence-corrected chi connectivity index (χ3v) is 2.95. The molecule has 1 aliphatic rings. The number of rotatable bonds is 4. The highest BCUT2D eigenvalue weighted by Crippen LogP contribution is 2.17. The molecule has 0 aromatic rings. The topological polar surface area (TPSA) is 78.4 Å². The summed E-state index contributed by atoms with van der Waals surface area (Å²) in [5.74, 6) is -0.985. The van der Waals surface area contributed by atoms with Crippen LogP contribution in [0, 0.1) is 0 Å². The van der Waals surface area contributed by atoms with E-state index in [1.807, 2.05) is 0 Å². The largest absolute Gasteiger partial charge is 0.480 e. The molecule has 0 aromatic heterocycles. The van der Waals surface area contributed by atoms with Crippen molar-refractivity contribution in [2.24, 2.45) is 0 Å². The molecule has 16 heavy (non-hydrogen) atoms. The van der Waals surface area contributed by atoms with Gasteiger partial charge in [0.2, 0.25) is 0 Å². The van der Waals surface area contributed by atoms with Crippen LogP contribution in [0.2, 0.25) is 0 Å². The van der Waals surface area contributed by atoms with Crippen LogP contribution in [0.3, 0.4) is 0 Å². The molecule has 2 amide bonds. The van der Waals surface area contributed by atoms with Crippen molar-refractivity contribution in [3.8, 4) is 0 Å². The highest BCUT2D eigenvalue weighted by Gasteiger charge is 2.20. The summed E-state index contributed by atoms with van der Waals surface area (Å²) in [5.41, 5.74) is 0. The summed E-state index contributed by atoms with van der Waals surface area (Å²) < 4.78 is 0. The number of urea groups is 1. The smallest absolute Gasteiger partial charge is 0.326 e. The quantitative estimate of drug-likeness (QED) is 0.682. The predicted molar refractivity (Wildman–Crippen MR) is 60.3 cm³/mol. The molecule has 0 aliphatic heterocycles. The average Bonchev–Trinajstić information content (AvgIpc) is 2.27. The number of hydrogen-bond acceptors (Lipinski definition) is 2. The minimum absolute atomic E-state index is 0.208. The summed E-state index contributed by atoms with van der Waals surface area (Å²) in [4.78, 5) is 22.2. The van der Waals surface area contributed by atoms with Gasteiger partial charge in [0.25, 0.3) is 0 Å². The number of amides is 2. The Balaban J connectivity index is 2.31. The number of aliphatic carboxylic acids is 1. The van der Waals surface area contributed by atoms with Crippen molar-refractivity contribution >= 4 is 12.0 Å². The second kappa shape index (κ2) is 6.35. The molecule has 92 valence electrons. The minimum atomic E-state index is -0.985. The Morgan fingerprint density at radius 3 is 2.44 bits per heavy atom. The van der Waals surface area contributed by atoms with Crippen LogP contribution < -0.4 is 10.6 Å². The van der Waals surface area contributed by atoms with Crippen molar-refractivity contribution in [3.63, 3.8) is 0 Å². The first kappa shape index (κ1) is 12.8. The number of carbonyl (C=O) groups is 2. The lowest BCUT2D eigenvalue weighted by Crippen LogP contribution is -2.49. The number of carbonyl (C=O) groups excluding carboxylic acids is 1. The molecule has 5 nitrogen and oxygen atoms in total. The van der Waals surface area contributed by atoms with Crippen molar-refractivity contribution in [2.75, 3.05) is 0 Å². The Hall–Kier alpha value is -1.26. The van der Waals surface area contributed by atoms with Crippen LogP contribution in [0.1, 0.15) is 45.4 Å². The van der Waals surface area contributed by atoms with E-state index in [9.17, 15) is 9.59 Å². The second-order valence-electron chi connectivity index (χ2n) is 4.25. The molecular formula is C11H20N2O3. The van der Waals surface area contributed by atoms with Crippen molar-refractivity contribution in [1.82, 2.24) is 10.6 Å². The molecule has 0 bridgehead atoms. The van der Waals surface area contributed by atoms with Gasteiger partial charge >= 0.3 is 12.0 Å². The van der Waals surface area contributed by atoms with Gasteiger partial charge in [-0.05, 0) is 19.3 Å². The van der Waals surface area contributed by atoms with E-state index in [-0.39, 0.29) is 12.1 Å². The van der Waals surface area contributed by atoms with Gasteiger partial charge < -0.3 is 15.7 Å². The molecule has 1 atom stereocenters. The first-order valence-corrected chi connectivity index (χ1v) is 5.93. The molecule has 0 aromatic carbocycles. The fourth-order valence-electron chi connectivity index (χ4n) is 1.97. The summed E-state index contributed by atoms with van der Waals surface area (Å²) in [6, 6.07) is -0.940. The molecule has 1 fully saturated rings. The van der Waals surface area contributed by atoms with E-state index in [2.05, 4.69) is 10.6 Å². The predicted octanol–water partition coefficient (Wildman–Crippen LogP) is 1.48. The van der Waals surface area contributed by atoms with Crippen LogP contribution in [0.5, 0.6) is 0 Å². The molecule has 1 rings (SSSR count). The molecule has 1 aliphatic carbocycles. The van der Waals surface area contributed by atoms with Gasteiger partial charge in [-0.2, -0.15) is 0 Å². The number of nitrogens with one attached hydrogen (secondary N) is 2. The van der Waals surface area contributed by atoms with Crippen LogP contribution in [-0.2, 0) is 4.79 Å². The second-order valence-corrected chi connectivity index (χ2v) is 4.25. The highest BCUT2D eigenvalue weighted by atomic mass is 16.4. The number of hydrogen-bond donors (Lipinski definition) is 3. The SMILES string of the molecule is CCC(NC(=O)NC1CCCCC1)C(=O)O. The average molecular weight is 228 g/mol. The van der Waals surface area contributed by atoms with Gasteiger partial charge in [-0.1, -0.05) is 26.2 Å². The first-order chi connectivity index (χ1) is 7.63. The van der Waals surface area contributed by atoms with E-state index in [4.69, 9.17) is 5.11 Å². The fourth-order valence-corrected chi connectivity index (χ4v) is 1.97. The maximum absolute atomic E-state index is 11.5. The van der Waals surface area contributed by atoms with Crippen molar-refractivity contribution < 1.29 is 14.7 Å². The Kier molecular flexibility index (Phi) is 5.08. The third-order valence-electron chi connectivity index (χ3n) is 2.95. The van der Waals surface area contributed by atoms with E-state index < -0.39 is 12.0 Å². The molecule has 0 saturated heterocycles. The van der Waals surface area contributed by atoms with Crippen LogP contribution in [-0.4, -0.2) is 29.2 Å². The van der Waals surface area contributed by atoms with Gasteiger partial charge in [0.15, 0.2) is 0 Å². The van der Waals surface area contributed by atoms with Crippen molar-refractivity contribution in [2.45, 2.75) is 57.5 Å². The summed E-state index contributed by atoms with van der Waals surface area (Å²) >= 11 is 0. The molecule has 3 N–H and O–H groups in total. The van der Waals surface area contributed by atoms with Gasteiger partial charge in [-0.25, -0.2) is 9.59 Å². The Labute approximate surface area is 95.6 Å². The number of carboxylic acids is 1. The van der Waals surface area contributed by atoms with E-state index in [0.717, 1.165) is 25.7 Å². The fraction of sp³-hybridized carbons (Fsp3) is 0.818. The van der Waals surface area contributed by atoms with E-state index in [1.165, 1.54) is 6.42 Å². The summed E-state index contributed by atoms with van der Waals surface area (Å²) in [7, 11) is 0. The molecule has 0 heterocycles. The normalized spacial score (nSPS) is 18.8. The first-order valence-electron chi connectivity index (χ1n) is 5.93. The van der Waals surface area contributed by atoms with E-state index >= 15 is 0 Å². The van der Waals surface area contributed by atoms with Gasteiger partial charge in [0, 0.05) is 6.04 Å². The van der Waals surface area contributed by atoms with Crippen molar-refractivity contribution in [1.29, 1.82) is 0 Å². The zero-order valence-electron chi connectivity index (χ0n) is 9.66. The molecule has 1 saturated carbocycles. The number of carboxylic acid groups (broad SMARTS) is 1. The van der Waals surface area contributed by atoms with Crippen LogP contribution in [0.25, 0.3) is 0 Å². The van der Waals surface area contributed by atoms with Gasteiger partial charge in [-0.3, -0.25) is 0 Å². The van der Waals surface area contributed by atoms with Crippen LogP contribution >= 0.6 is 0 Å². The van der Waals surface area contributed by atoms with Crippen LogP contribution in [0.15, 0.2) is 0 Å². The van der Waals surface area contributed by atoms with E-state index in [1.54, 1.807) is 6.92 Å². The zero-order valence-corrected chi connectivity index (χ0v) is 9.66. The Morgan fingerprint density at radius 2 is 1.94 bits per heavy atom. The lowest BCUT2D eigenvalue weighted by Gasteiger charge is -2.23. The molecule has 0 radical (unpaired) electrons. The monoisotopic (exact) mass is 228 g/mol. The lowest BCUT2D eigenvalue weighted by molar-refractivity contribution is -0.139. The summed E-state index contributed by atoms with van der Waals surface area (Å²) in [6.07, 6.45) is 5.90. The van der Waals surface area contributed by atoms with Gasteiger partial charge in [-0.15, -0.1) is 0 Å². The maximum atomic E-state index is 11.5.